The van der Waals surface area contributed by atoms with E-state index in [-0.39, 0.29) is 12.4 Å². The maximum Gasteiger partial charge on any atom is 0.185 e. The zero-order valence-corrected chi connectivity index (χ0v) is 9.65. The average molecular weight is 273 g/mol. The van der Waals surface area contributed by atoms with Gasteiger partial charge in [-0.25, -0.2) is 5.48 Å². The van der Waals surface area contributed by atoms with Crippen LogP contribution in [0.3, 0.4) is 0 Å². The fourth-order valence-electron chi connectivity index (χ4n) is 0.392. The molecular formula is C7H11BrClNO3. The van der Waals surface area contributed by atoms with E-state index in [1.54, 1.807) is 26.3 Å². The van der Waals surface area contributed by atoms with Crippen LogP contribution in [0, 0.1) is 0 Å². The molecule has 0 bridgehead atoms. The van der Waals surface area contributed by atoms with Crippen LogP contribution in [0.5, 0.6) is 0 Å². The van der Waals surface area contributed by atoms with Gasteiger partial charge in [-0.15, -0.1) is 12.4 Å². The van der Waals surface area contributed by atoms with E-state index in [2.05, 4.69) is 26.2 Å². The molecule has 1 heterocycles. The minimum Gasteiger partial charge on any atom is -0.447 e. The SMILES string of the molecule is CNOC.Cl.O=Cc1ccc(Br)o1. The van der Waals surface area contributed by atoms with Gasteiger partial charge < -0.3 is 9.25 Å². The molecule has 1 aromatic rings. The van der Waals surface area contributed by atoms with Crippen LogP contribution in [0.1, 0.15) is 10.6 Å². The van der Waals surface area contributed by atoms with Gasteiger partial charge in [0.25, 0.3) is 0 Å². The van der Waals surface area contributed by atoms with Crippen molar-refractivity contribution >= 4 is 34.6 Å². The average Bonchev–Trinajstić information content (AvgIpc) is 2.52. The molecule has 0 amide bonds. The summed E-state index contributed by atoms with van der Waals surface area (Å²) in [4.78, 5) is 14.2. The molecular weight excluding hydrogens is 261 g/mol. The van der Waals surface area contributed by atoms with Crippen molar-refractivity contribution < 1.29 is 14.0 Å². The summed E-state index contributed by atoms with van der Waals surface area (Å²) < 4.78 is 5.36. The summed E-state index contributed by atoms with van der Waals surface area (Å²) in [6.45, 7) is 0. The summed E-state index contributed by atoms with van der Waals surface area (Å²) in [6.07, 6.45) is 0.657. The highest BCUT2D eigenvalue weighted by Crippen LogP contribution is 2.11. The van der Waals surface area contributed by atoms with Crippen LogP contribution in [0.15, 0.2) is 21.2 Å². The van der Waals surface area contributed by atoms with Gasteiger partial charge in [-0.1, -0.05) is 0 Å². The highest BCUT2D eigenvalue weighted by molar-refractivity contribution is 9.10. The molecule has 13 heavy (non-hydrogen) atoms. The number of nitrogens with one attached hydrogen (secondary N) is 1. The Hall–Kier alpha value is -0.360. The second-order valence-electron chi connectivity index (χ2n) is 1.67. The summed E-state index contributed by atoms with van der Waals surface area (Å²) in [5.41, 5.74) is 2.43. The van der Waals surface area contributed by atoms with E-state index in [9.17, 15) is 4.79 Å². The van der Waals surface area contributed by atoms with Crippen LogP contribution >= 0.6 is 28.3 Å². The Labute approximate surface area is 91.1 Å². The Morgan fingerprint density at radius 3 is 2.31 bits per heavy atom. The Balaban J connectivity index is 0. The van der Waals surface area contributed by atoms with Crippen molar-refractivity contribution in [1.82, 2.24) is 5.48 Å². The summed E-state index contributed by atoms with van der Waals surface area (Å²) in [6, 6.07) is 3.26. The molecule has 0 saturated carbocycles. The molecule has 0 aliphatic heterocycles. The van der Waals surface area contributed by atoms with Gasteiger partial charge in [-0.3, -0.25) is 4.79 Å². The maximum absolute atomic E-state index is 9.91. The first kappa shape index (κ1) is 15.1. The van der Waals surface area contributed by atoms with Crippen LogP contribution in [-0.2, 0) is 4.84 Å². The van der Waals surface area contributed by atoms with E-state index < -0.39 is 0 Å². The van der Waals surface area contributed by atoms with E-state index in [1.165, 1.54) is 0 Å². The highest BCUT2D eigenvalue weighted by Gasteiger charge is 1.93. The van der Waals surface area contributed by atoms with Crippen molar-refractivity contribution in [3.63, 3.8) is 0 Å². The number of hydrogen-bond donors (Lipinski definition) is 1. The first-order chi connectivity index (χ1) is 5.74. The van der Waals surface area contributed by atoms with Gasteiger partial charge >= 0.3 is 0 Å². The lowest BCUT2D eigenvalue weighted by molar-refractivity contribution is 0.109. The number of carbonyl (C=O) groups is 1. The number of furan rings is 1. The van der Waals surface area contributed by atoms with E-state index >= 15 is 0 Å². The fraction of sp³-hybridized carbons (Fsp3) is 0.286. The molecule has 1 aromatic heterocycles. The first-order valence-corrected chi connectivity index (χ1v) is 3.94. The van der Waals surface area contributed by atoms with Gasteiger partial charge in [0.2, 0.25) is 0 Å². The van der Waals surface area contributed by atoms with Gasteiger partial charge in [0.05, 0.1) is 7.11 Å². The maximum atomic E-state index is 9.91. The zero-order chi connectivity index (χ0) is 9.40. The molecule has 0 saturated heterocycles. The molecule has 76 valence electrons. The number of hydrogen-bond acceptors (Lipinski definition) is 4. The largest absolute Gasteiger partial charge is 0.447 e. The molecule has 1 rings (SSSR count). The zero-order valence-electron chi connectivity index (χ0n) is 7.24. The van der Waals surface area contributed by atoms with Crippen LogP contribution in [0.4, 0.5) is 0 Å². The van der Waals surface area contributed by atoms with Gasteiger partial charge in [0.15, 0.2) is 16.7 Å². The minimum absolute atomic E-state index is 0. The number of aldehydes is 1. The van der Waals surface area contributed by atoms with Crippen molar-refractivity contribution in [3.05, 3.63) is 22.6 Å². The summed E-state index contributed by atoms with van der Waals surface area (Å²) in [7, 11) is 3.28. The number of hydroxylamine groups is 1. The second kappa shape index (κ2) is 9.73. The predicted octanol–water partition coefficient (Wildman–Crippen LogP) is 2.04. The van der Waals surface area contributed by atoms with E-state index in [0.717, 1.165) is 0 Å². The Morgan fingerprint density at radius 1 is 1.62 bits per heavy atom. The Kier molecular flexibility index (Phi) is 11.3. The number of carbonyl (C=O) groups excluding carboxylic acids is 1. The van der Waals surface area contributed by atoms with Crippen LogP contribution < -0.4 is 5.48 Å². The van der Waals surface area contributed by atoms with Crippen LogP contribution in [-0.4, -0.2) is 20.4 Å². The van der Waals surface area contributed by atoms with Crippen molar-refractivity contribution in [2.24, 2.45) is 0 Å². The van der Waals surface area contributed by atoms with Crippen molar-refractivity contribution in [2.45, 2.75) is 0 Å². The van der Waals surface area contributed by atoms with Crippen LogP contribution in [0.2, 0.25) is 0 Å². The van der Waals surface area contributed by atoms with Gasteiger partial charge in [-0.05, 0) is 28.1 Å². The normalized spacial score (nSPS) is 7.92. The Bertz CT molecular complexity index is 227. The lowest BCUT2D eigenvalue weighted by Gasteiger charge is -1.80. The Morgan fingerprint density at radius 2 is 2.15 bits per heavy atom. The van der Waals surface area contributed by atoms with E-state index in [0.29, 0.717) is 16.7 Å². The molecule has 0 aliphatic rings. The number of rotatable bonds is 2. The van der Waals surface area contributed by atoms with E-state index in [4.69, 9.17) is 4.42 Å². The molecule has 0 radical (unpaired) electrons. The van der Waals surface area contributed by atoms with Crippen molar-refractivity contribution in [2.75, 3.05) is 14.2 Å². The second-order valence-corrected chi connectivity index (χ2v) is 2.45. The third-order valence-corrected chi connectivity index (χ3v) is 1.34. The minimum atomic E-state index is 0. The van der Waals surface area contributed by atoms with Gasteiger partial charge in [-0.2, -0.15) is 0 Å². The van der Waals surface area contributed by atoms with Gasteiger partial charge in [0, 0.05) is 7.05 Å². The first-order valence-electron chi connectivity index (χ1n) is 3.14. The number of halogens is 2. The lowest BCUT2D eigenvalue weighted by Crippen LogP contribution is -2.00. The predicted molar refractivity (Wildman–Crippen MR) is 55.1 cm³/mol. The monoisotopic (exact) mass is 271 g/mol. The smallest absolute Gasteiger partial charge is 0.185 e. The summed E-state index contributed by atoms with van der Waals surface area (Å²) in [5.74, 6) is 0.344. The standard InChI is InChI=1S/C5H3BrO2.C2H7NO.ClH/c6-5-2-1-4(3-7)8-5;1-3-4-2;/h1-3H;3H,1-2H3;1H. The lowest BCUT2D eigenvalue weighted by atomic mass is 10.5. The molecule has 0 spiro atoms. The molecule has 0 fully saturated rings. The third-order valence-electron chi connectivity index (χ3n) is 0.914. The molecule has 0 atom stereocenters. The molecule has 0 aromatic carbocycles. The molecule has 0 unspecified atom stereocenters. The molecule has 0 aliphatic carbocycles. The van der Waals surface area contributed by atoms with Crippen molar-refractivity contribution in [1.29, 1.82) is 0 Å². The highest BCUT2D eigenvalue weighted by atomic mass is 79.9. The molecule has 4 nitrogen and oxygen atoms in total. The van der Waals surface area contributed by atoms with E-state index in [1.807, 2.05) is 0 Å². The molecule has 6 heteroatoms. The quantitative estimate of drug-likeness (QED) is 0.661. The fourth-order valence-corrected chi connectivity index (χ4v) is 0.711. The third kappa shape index (κ3) is 7.98. The summed E-state index contributed by atoms with van der Waals surface area (Å²) in [5, 5.41) is 0. The van der Waals surface area contributed by atoms with Crippen molar-refractivity contribution in [3.8, 4) is 0 Å². The topological polar surface area (TPSA) is 51.5 Å². The van der Waals surface area contributed by atoms with Gasteiger partial charge in [0.1, 0.15) is 0 Å². The summed E-state index contributed by atoms with van der Waals surface area (Å²) >= 11 is 3.05. The van der Waals surface area contributed by atoms with Crippen LogP contribution in [0.25, 0.3) is 0 Å². The molecule has 1 N–H and O–H groups in total.